The smallest absolute Gasteiger partial charge is 0.191 e. The minimum absolute atomic E-state index is 0.292. The Labute approximate surface area is 170 Å². The summed E-state index contributed by atoms with van der Waals surface area (Å²) in [6.45, 7) is 22.5. The lowest BCUT2D eigenvalue weighted by Crippen LogP contribution is -2.41. The van der Waals surface area contributed by atoms with E-state index in [1.165, 1.54) is 18.4 Å². The van der Waals surface area contributed by atoms with Gasteiger partial charge in [0.05, 0.1) is 8.07 Å². The van der Waals surface area contributed by atoms with E-state index in [1.807, 2.05) is 0 Å². The highest BCUT2D eigenvalue weighted by Gasteiger charge is 2.51. The molecule has 3 heteroatoms. The summed E-state index contributed by atoms with van der Waals surface area (Å²) in [4.78, 5) is 0. The highest BCUT2D eigenvalue weighted by atomic mass is 28.4. The molecule has 1 saturated carbocycles. The van der Waals surface area contributed by atoms with Crippen molar-refractivity contribution >= 4 is 16.4 Å². The number of aryl methyl sites for hydroxylation is 1. The normalized spacial score (nSPS) is 24.2. The molecule has 0 aliphatic heterocycles. The van der Waals surface area contributed by atoms with Gasteiger partial charge in [0.1, 0.15) is 0 Å². The van der Waals surface area contributed by atoms with Gasteiger partial charge >= 0.3 is 0 Å². The van der Waals surface area contributed by atoms with E-state index in [1.54, 1.807) is 5.57 Å². The molecule has 0 spiro atoms. The van der Waals surface area contributed by atoms with Crippen molar-refractivity contribution in [2.45, 2.75) is 78.3 Å². The van der Waals surface area contributed by atoms with Crippen LogP contribution in [0.1, 0.15) is 39.7 Å². The molecule has 0 N–H and O–H groups in total. The Bertz CT molecular complexity index is 635. The van der Waals surface area contributed by atoms with Gasteiger partial charge < -0.3 is 4.43 Å². The van der Waals surface area contributed by atoms with Crippen molar-refractivity contribution in [1.82, 2.24) is 0 Å². The maximum Gasteiger partial charge on any atom is 0.191 e. The number of benzene rings is 1. The van der Waals surface area contributed by atoms with E-state index in [0.717, 1.165) is 24.4 Å². The standard InChI is InChI=1S/C24H42OSi2/c1-19(18-26(5,6)7)23-21(16-15-20-13-11-10-12-14-20)22(23)17-25-27(8,9)24(2,3)4/h10-14,18,21-23H,15-17H2,1-9H3/b19-18+. The Morgan fingerprint density at radius 3 is 2.11 bits per heavy atom. The van der Waals surface area contributed by atoms with E-state index in [9.17, 15) is 0 Å². The van der Waals surface area contributed by atoms with Crippen molar-refractivity contribution in [3.05, 3.63) is 47.2 Å². The van der Waals surface area contributed by atoms with Crippen molar-refractivity contribution in [3.63, 3.8) is 0 Å². The zero-order valence-electron chi connectivity index (χ0n) is 19.2. The molecule has 0 bridgehead atoms. The quantitative estimate of drug-likeness (QED) is 0.414. The Kier molecular flexibility index (Phi) is 7.03. The van der Waals surface area contributed by atoms with E-state index in [2.05, 4.69) is 96.5 Å². The first-order chi connectivity index (χ1) is 12.3. The Morgan fingerprint density at radius 2 is 1.59 bits per heavy atom. The van der Waals surface area contributed by atoms with Crippen LogP contribution in [0.5, 0.6) is 0 Å². The minimum Gasteiger partial charge on any atom is -0.417 e. The number of hydrogen-bond acceptors (Lipinski definition) is 1. The molecule has 1 aromatic rings. The van der Waals surface area contributed by atoms with E-state index < -0.39 is 16.4 Å². The molecule has 1 aliphatic rings. The van der Waals surface area contributed by atoms with Gasteiger partial charge in [0, 0.05) is 6.61 Å². The summed E-state index contributed by atoms with van der Waals surface area (Å²) in [6, 6.07) is 11.0. The summed E-state index contributed by atoms with van der Waals surface area (Å²) in [5.41, 5.74) is 5.73. The molecule has 2 rings (SSSR count). The second kappa shape index (κ2) is 8.38. The lowest BCUT2D eigenvalue weighted by Gasteiger charge is -2.36. The van der Waals surface area contributed by atoms with Crippen molar-refractivity contribution in [2.24, 2.45) is 17.8 Å². The summed E-state index contributed by atoms with van der Waals surface area (Å²) in [5.74, 6) is 2.25. The van der Waals surface area contributed by atoms with Crippen molar-refractivity contribution in [3.8, 4) is 0 Å². The summed E-state index contributed by atoms with van der Waals surface area (Å²) in [5, 5.41) is 0.292. The van der Waals surface area contributed by atoms with Gasteiger partial charge in [-0.15, -0.1) is 0 Å². The van der Waals surface area contributed by atoms with Crippen LogP contribution in [0, 0.1) is 17.8 Å². The number of allylic oxidation sites excluding steroid dienone is 1. The highest BCUT2D eigenvalue weighted by Crippen LogP contribution is 2.54. The molecular formula is C24H42OSi2. The van der Waals surface area contributed by atoms with E-state index >= 15 is 0 Å². The molecule has 0 radical (unpaired) electrons. The largest absolute Gasteiger partial charge is 0.417 e. The average Bonchev–Trinajstić information content (AvgIpc) is 3.22. The van der Waals surface area contributed by atoms with Gasteiger partial charge in [0.15, 0.2) is 8.32 Å². The molecule has 0 saturated heterocycles. The van der Waals surface area contributed by atoms with Crippen molar-refractivity contribution < 1.29 is 4.43 Å². The van der Waals surface area contributed by atoms with E-state index in [-0.39, 0.29) is 0 Å². The molecule has 1 fully saturated rings. The van der Waals surface area contributed by atoms with Gasteiger partial charge in [0.25, 0.3) is 0 Å². The zero-order chi connectivity index (χ0) is 20.5. The fourth-order valence-electron chi connectivity index (χ4n) is 4.02. The minimum atomic E-state index is -1.67. The lowest BCUT2D eigenvalue weighted by atomic mass is 10.1. The molecule has 1 nitrogen and oxygen atoms in total. The maximum atomic E-state index is 6.63. The summed E-state index contributed by atoms with van der Waals surface area (Å²) in [7, 11) is -2.84. The van der Waals surface area contributed by atoms with Crippen LogP contribution in [0.15, 0.2) is 41.6 Å². The third-order valence-corrected chi connectivity index (χ3v) is 12.4. The van der Waals surface area contributed by atoms with Crippen molar-refractivity contribution in [2.75, 3.05) is 6.61 Å². The van der Waals surface area contributed by atoms with Crippen LogP contribution in [0.4, 0.5) is 0 Å². The Balaban J connectivity index is 2.05. The number of hydrogen-bond donors (Lipinski definition) is 0. The predicted octanol–water partition coefficient (Wildman–Crippen LogP) is 7.33. The van der Waals surface area contributed by atoms with Crippen LogP contribution >= 0.6 is 0 Å². The second-order valence-electron chi connectivity index (χ2n) is 11.2. The van der Waals surface area contributed by atoms with Gasteiger partial charge in [-0.3, -0.25) is 0 Å². The van der Waals surface area contributed by atoms with Crippen LogP contribution in [-0.4, -0.2) is 23.0 Å². The first kappa shape index (κ1) is 22.6. The van der Waals surface area contributed by atoms with Crippen LogP contribution in [0.2, 0.25) is 37.8 Å². The third kappa shape index (κ3) is 6.44. The molecule has 1 aliphatic carbocycles. The summed E-state index contributed by atoms with van der Waals surface area (Å²) in [6.07, 6.45) is 2.48. The topological polar surface area (TPSA) is 9.23 Å². The fraction of sp³-hybridized carbons (Fsp3) is 0.667. The summed E-state index contributed by atoms with van der Waals surface area (Å²) < 4.78 is 6.63. The van der Waals surface area contributed by atoms with Crippen molar-refractivity contribution in [1.29, 1.82) is 0 Å². The molecule has 152 valence electrons. The third-order valence-electron chi connectivity index (χ3n) is 6.57. The number of rotatable bonds is 8. The molecule has 27 heavy (non-hydrogen) atoms. The lowest BCUT2D eigenvalue weighted by molar-refractivity contribution is 0.261. The first-order valence-corrected chi connectivity index (χ1v) is 17.2. The molecule has 0 aromatic heterocycles. The van der Waals surface area contributed by atoms with Gasteiger partial charge in [0.2, 0.25) is 0 Å². The van der Waals surface area contributed by atoms with Gasteiger partial charge in [-0.1, -0.05) is 82.0 Å². The second-order valence-corrected chi connectivity index (χ2v) is 21.0. The van der Waals surface area contributed by atoms with Crippen LogP contribution in [0.3, 0.4) is 0 Å². The van der Waals surface area contributed by atoms with Gasteiger partial charge in [-0.05, 0) is 61.2 Å². The Hall–Kier alpha value is -0.646. The summed E-state index contributed by atoms with van der Waals surface area (Å²) >= 11 is 0. The maximum absolute atomic E-state index is 6.63. The fourth-order valence-corrected chi connectivity index (χ4v) is 6.62. The first-order valence-electron chi connectivity index (χ1n) is 10.7. The van der Waals surface area contributed by atoms with Gasteiger partial charge in [-0.2, -0.15) is 0 Å². The monoisotopic (exact) mass is 402 g/mol. The van der Waals surface area contributed by atoms with Gasteiger partial charge in [-0.25, -0.2) is 0 Å². The Morgan fingerprint density at radius 1 is 1.00 bits per heavy atom. The average molecular weight is 403 g/mol. The van der Waals surface area contributed by atoms with Crippen LogP contribution < -0.4 is 0 Å². The SMILES string of the molecule is C/C(=C\[Si](C)(C)C)C1C(CCc2ccccc2)C1CO[Si](C)(C)C(C)(C)C. The molecule has 0 heterocycles. The van der Waals surface area contributed by atoms with E-state index in [4.69, 9.17) is 4.43 Å². The molecule has 3 unspecified atom stereocenters. The molecule has 0 amide bonds. The molecule has 1 aromatic carbocycles. The molecular weight excluding hydrogens is 360 g/mol. The highest BCUT2D eigenvalue weighted by molar-refractivity contribution is 6.81. The van der Waals surface area contributed by atoms with Crippen LogP contribution in [-0.2, 0) is 10.8 Å². The predicted molar refractivity (Wildman–Crippen MR) is 125 cm³/mol. The molecule has 3 atom stereocenters. The zero-order valence-corrected chi connectivity index (χ0v) is 21.2. The van der Waals surface area contributed by atoms with E-state index in [0.29, 0.717) is 5.04 Å². The van der Waals surface area contributed by atoms with Crippen LogP contribution in [0.25, 0.3) is 0 Å².